The largest absolute Gasteiger partial charge is 0.476 e. The van der Waals surface area contributed by atoms with Crippen molar-refractivity contribution in [3.05, 3.63) is 47.8 Å². The Morgan fingerprint density at radius 1 is 1.18 bits per heavy atom. The van der Waals surface area contributed by atoms with Crippen molar-refractivity contribution in [2.24, 2.45) is 0 Å². The van der Waals surface area contributed by atoms with Gasteiger partial charge in [-0.05, 0) is 56.7 Å². The van der Waals surface area contributed by atoms with Gasteiger partial charge >= 0.3 is 0 Å². The number of amides is 1. The molecule has 2 aromatic carbocycles. The highest BCUT2D eigenvalue weighted by Gasteiger charge is 2.41. The number of rotatable bonds is 1. The molecule has 0 saturated carbocycles. The molecular formula is C17H17FN2O2. The fraction of sp³-hybridized carbons (Fsp3) is 0.235. The number of nitrogens with two attached hydrogens (primary N) is 1. The van der Waals surface area contributed by atoms with Crippen LogP contribution >= 0.6 is 0 Å². The standard InChI is InChI=1S/C17H17FN2O2/c1-10-8-12(5-6-13(10)18)20-14-7-4-11(19)9-15(14)22-17(2,3)16(20)21/h4-9H,19H2,1-3H3. The molecule has 0 aromatic heterocycles. The summed E-state index contributed by atoms with van der Waals surface area (Å²) >= 11 is 0. The molecule has 22 heavy (non-hydrogen) atoms. The van der Waals surface area contributed by atoms with Gasteiger partial charge in [-0.15, -0.1) is 0 Å². The van der Waals surface area contributed by atoms with E-state index in [2.05, 4.69) is 0 Å². The first-order valence-corrected chi connectivity index (χ1v) is 6.99. The maximum atomic E-state index is 13.5. The summed E-state index contributed by atoms with van der Waals surface area (Å²) in [6.45, 7) is 5.06. The quantitative estimate of drug-likeness (QED) is 0.819. The van der Waals surface area contributed by atoms with E-state index >= 15 is 0 Å². The van der Waals surface area contributed by atoms with Crippen LogP contribution in [0.4, 0.5) is 21.5 Å². The Morgan fingerprint density at radius 3 is 2.59 bits per heavy atom. The molecule has 0 aliphatic carbocycles. The van der Waals surface area contributed by atoms with E-state index < -0.39 is 5.60 Å². The summed E-state index contributed by atoms with van der Waals surface area (Å²) in [6, 6.07) is 9.72. The van der Waals surface area contributed by atoms with Crippen LogP contribution in [0.15, 0.2) is 36.4 Å². The molecule has 0 atom stereocenters. The minimum Gasteiger partial charge on any atom is -0.476 e. The first kappa shape index (κ1) is 14.4. The summed E-state index contributed by atoms with van der Waals surface area (Å²) in [5.41, 5.74) is 7.01. The summed E-state index contributed by atoms with van der Waals surface area (Å²) in [5.74, 6) is 0.0172. The van der Waals surface area contributed by atoms with E-state index in [0.717, 1.165) is 0 Å². The van der Waals surface area contributed by atoms with Crippen LogP contribution in [0, 0.1) is 12.7 Å². The number of carbonyl (C=O) groups is 1. The van der Waals surface area contributed by atoms with Gasteiger partial charge in [0.1, 0.15) is 11.6 Å². The van der Waals surface area contributed by atoms with Crippen molar-refractivity contribution in [1.82, 2.24) is 0 Å². The average Bonchev–Trinajstić information content (AvgIpc) is 2.43. The highest BCUT2D eigenvalue weighted by molar-refractivity contribution is 6.08. The van der Waals surface area contributed by atoms with Crippen LogP contribution in [0.3, 0.4) is 0 Å². The Kier molecular flexibility index (Phi) is 3.09. The van der Waals surface area contributed by atoms with Crippen molar-refractivity contribution in [1.29, 1.82) is 0 Å². The van der Waals surface area contributed by atoms with E-state index in [1.807, 2.05) is 0 Å². The highest BCUT2D eigenvalue weighted by Crippen LogP contribution is 2.43. The Bertz CT molecular complexity index is 771. The summed E-state index contributed by atoms with van der Waals surface area (Å²) in [4.78, 5) is 14.3. The maximum Gasteiger partial charge on any atom is 0.275 e. The third-order valence-electron chi connectivity index (χ3n) is 3.71. The predicted molar refractivity (Wildman–Crippen MR) is 83.8 cm³/mol. The Balaban J connectivity index is 2.20. The van der Waals surface area contributed by atoms with E-state index in [-0.39, 0.29) is 11.7 Å². The van der Waals surface area contributed by atoms with Gasteiger partial charge in [-0.2, -0.15) is 0 Å². The zero-order valence-corrected chi connectivity index (χ0v) is 12.7. The predicted octanol–water partition coefficient (Wildman–Crippen LogP) is 3.55. The molecule has 3 rings (SSSR count). The van der Waals surface area contributed by atoms with Crippen LogP contribution in [-0.2, 0) is 4.79 Å². The van der Waals surface area contributed by atoms with Crippen LogP contribution in [0.25, 0.3) is 0 Å². The summed E-state index contributed by atoms with van der Waals surface area (Å²) < 4.78 is 19.3. The number of nitrogen functional groups attached to an aromatic ring is 1. The van der Waals surface area contributed by atoms with Gasteiger partial charge in [-0.25, -0.2) is 4.39 Å². The van der Waals surface area contributed by atoms with Crippen molar-refractivity contribution >= 4 is 23.0 Å². The molecular weight excluding hydrogens is 283 g/mol. The third-order valence-corrected chi connectivity index (χ3v) is 3.71. The first-order chi connectivity index (χ1) is 10.3. The second-order valence-corrected chi connectivity index (χ2v) is 5.91. The molecule has 5 heteroatoms. The highest BCUT2D eigenvalue weighted by atomic mass is 19.1. The lowest BCUT2D eigenvalue weighted by Gasteiger charge is -2.39. The minimum atomic E-state index is -1.02. The lowest BCUT2D eigenvalue weighted by atomic mass is 10.0. The van der Waals surface area contributed by atoms with E-state index in [4.69, 9.17) is 10.5 Å². The Labute approximate surface area is 128 Å². The lowest BCUT2D eigenvalue weighted by molar-refractivity contribution is -0.131. The molecule has 1 heterocycles. The van der Waals surface area contributed by atoms with Crippen molar-refractivity contribution < 1.29 is 13.9 Å². The molecule has 4 nitrogen and oxygen atoms in total. The Hall–Kier alpha value is -2.56. The first-order valence-electron chi connectivity index (χ1n) is 6.99. The van der Waals surface area contributed by atoms with Gasteiger partial charge in [0.25, 0.3) is 5.91 Å². The second-order valence-electron chi connectivity index (χ2n) is 5.91. The fourth-order valence-corrected chi connectivity index (χ4v) is 2.52. The molecule has 0 saturated heterocycles. The molecule has 114 valence electrons. The molecule has 1 aliphatic rings. The minimum absolute atomic E-state index is 0.212. The molecule has 0 spiro atoms. The number of halogens is 1. The number of fused-ring (bicyclic) bond motifs is 1. The summed E-state index contributed by atoms with van der Waals surface area (Å²) in [7, 11) is 0. The fourth-order valence-electron chi connectivity index (χ4n) is 2.52. The molecule has 2 aromatic rings. The van der Waals surface area contributed by atoms with E-state index in [0.29, 0.717) is 28.4 Å². The SMILES string of the molecule is Cc1cc(N2C(=O)C(C)(C)Oc3cc(N)ccc32)ccc1F. The summed E-state index contributed by atoms with van der Waals surface area (Å²) in [5, 5.41) is 0. The maximum absolute atomic E-state index is 13.5. The molecule has 0 unspecified atom stereocenters. The lowest BCUT2D eigenvalue weighted by Crippen LogP contribution is -2.50. The number of benzene rings is 2. The second kappa shape index (κ2) is 4.73. The van der Waals surface area contributed by atoms with Gasteiger partial charge in [0, 0.05) is 17.4 Å². The molecule has 1 aliphatic heterocycles. The number of aryl methyl sites for hydroxylation is 1. The van der Waals surface area contributed by atoms with Gasteiger partial charge in [0.15, 0.2) is 5.60 Å². The topological polar surface area (TPSA) is 55.6 Å². The number of anilines is 3. The van der Waals surface area contributed by atoms with E-state index in [1.165, 1.54) is 6.07 Å². The number of carbonyl (C=O) groups excluding carboxylic acids is 1. The van der Waals surface area contributed by atoms with Gasteiger partial charge in [-0.3, -0.25) is 9.69 Å². The molecule has 1 amide bonds. The average molecular weight is 300 g/mol. The zero-order chi connectivity index (χ0) is 16.1. The normalized spacial score (nSPS) is 16.2. The van der Waals surface area contributed by atoms with Crippen LogP contribution in [-0.4, -0.2) is 11.5 Å². The van der Waals surface area contributed by atoms with Crippen LogP contribution in [0.2, 0.25) is 0 Å². The van der Waals surface area contributed by atoms with Gasteiger partial charge in [0.05, 0.1) is 5.69 Å². The molecule has 0 bridgehead atoms. The monoisotopic (exact) mass is 300 g/mol. The van der Waals surface area contributed by atoms with Gasteiger partial charge in [-0.1, -0.05) is 0 Å². The van der Waals surface area contributed by atoms with Gasteiger partial charge in [0.2, 0.25) is 0 Å². The number of hydrogen-bond donors (Lipinski definition) is 1. The van der Waals surface area contributed by atoms with E-state index in [1.54, 1.807) is 56.0 Å². The summed E-state index contributed by atoms with van der Waals surface area (Å²) in [6.07, 6.45) is 0. The zero-order valence-electron chi connectivity index (χ0n) is 12.7. The van der Waals surface area contributed by atoms with Crippen molar-refractivity contribution in [3.63, 3.8) is 0 Å². The van der Waals surface area contributed by atoms with Crippen molar-refractivity contribution in [2.45, 2.75) is 26.4 Å². The number of ether oxygens (including phenoxy) is 1. The molecule has 2 N–H and O–H groups in total. The molecule has 0 radical (unpaired) electrons. The Morgan fingerprint density at radius 2 is 1.91 bits per heavy atom. The van der Waals surface area contributed by atoms with Crippen LogP contribution in [0.5, 0.6) is 5.75 Å². The van der Waals surface area contributed by atoms with Crippen LogP contribution in [0.1, 0.15) is 19.4 Å². The van der Waals surface area contributed by atoms with Crippen molar-refractivity contribution in [3.8, 4) is 5.75 Å². The van der Waals surface area contributed by atoms with E-state index in [9.17, 15) is 9.18 Å². The smallest absolute Gasteiger partial charge is 0.275 e. The number of nitrogens with zero attached hydrogens (tertiary/aromatic N) is 1. The number of hydrogen-bond acceptors (Lipinski definition) is 3. The molecule has 0 fully saturated rings. The third kappa shape index (κ3) is 2.19. The van der Waals surface area contributed by atoms with Crippen molar-refractivity contribution in [2.75, 3.05) is 10.6 Å². The van der Waals surface area contributed by atoms with Gasteiger partial charge < -0.3 is 10.5 Å². The van der Waals surface area contributed by atoms with Crippen LogP contribution < -0.4 is 15.4 Å².